The van der Waals surface area contributed by atoms with Crippen molar-refractivity contribution in [2.24, 2.45) is 17.2 Å². The summed E-state index contributed by atoms with van der Waals surface area (Å²) in [5, 5.41) is 0. The Bertz CT molecular complexity index is 146. The summed E-state index contributed by atoms with van der Waals surface area (Å²) in [7, 11) is 0. The number of carbonyl (C=O) groups excluding carboxylic acids is 2. The lowest BCUT2D eigenvalue weighted by Crippen LogP contribution is -2.37. The topological polar surface area (TPSA) is 112 Å². The highest BCUT2D eigenvalue weighted by molar-refractivity contribution is 5.81. The minimum Gasteiger partial charge on any atom is -0.370 e. The van der Waals surface area contributed by atoms with Gasteiger partial charge in [-0.25, -0.2) is 0 Å². The molecule has 6 N–H and O–H groups in total. The van der Waals surface area contributed by atoms with Crippen molar-refractivity contribution in [1.82, 2.24) is 0 Å². The molecule has 0 heterocycles. The Hall–Kier alpha value is -1.10. The summed E-state index contributed by atoms with van der Waals surface area (Å²) in [6.45, 7) is 0. The maximum absolute atomic E-state index is 10.3. The van der Waals surface area contributed by atoms with Gasteiger partial charge >= 0.3 is 0 Å². The molecule has 0 aromatic rings. The van der Waals surface area contributed by atoms with Crippen molar-refractivity contribution in [2.75, 3.05) is 0 Å². The second kappa shape index (κ2) is 3.84. The van der Waals surface area contributed by atoms with E-state index in [0.29, 0.717) is 0 Å². The first-order valence-electron chi connectivity index (χ1n) is 2.87. The SMILES string of the molecule is NC(=O)CC[C@H](N)C([15NH2])=O. The van der Waals surface area contributed by atoms with Gasteiger partial charge in [0.1, 0.15) is 0 Å². The van der Waals surface area contributed by atoms with Gasteiger partial charge in [-0.3, -0.25) is 9.59 Å². The molecule has 0 unspecified atom stereocenters. The molecule has 0 aliphatic rings. The lowest BCUT2D eigenvalue weighted by molar-refractivity contribution is -0.120. The molecule has 0 aromatic carbocycles. The van der Waals surface area contributed by atoms with Crippen LogP contribution in [0, 0.1) is 0 Å². The van der Waals surface area contributed by atoms with Crippen LogP contribution in [0.15, 0.2) is 0 Å². The minimum absolute atomic E-state index is 0.101. The molecular weight excluding hydrogens is 135 g/mol. The summed E-state index contributed by atoms with van der Waals surface area (Å²) in [5.41, 5.74) is 14.8. The molecule has 0 aromatic heterocycles. The van der Waals surface area contributed by atoms with E-state index in [1.165, 1.54) is 0 Å². The number of carbonyl (C=O) groups is 2. The lowest BCUT2D eigenvalue weighted by Gasteiger charge is -2.03. The zero-order chi connectivity index (χ0) is 8.15. The van der Waals surface area contributed by atoms with Crippen LogP contribution in [0.5, 0.6) is 0 Å². The van der Waals surface area contributed by atoms with E-state index in [2.05, 4.69) is 0 Å². The van der Waals surface area contributed by atoms with Crippen LogP contribution in [0.4, 0.5) is 0 Å². The summed E-state index contributed by atoms with van der Waals surface area (Å²) in [5.74, 6) is -1.09. The molecule has 2 amide bonds. The Morgan fingerprint density at radius 3 is 2.10 bits per heavy atom. The zero-order valence-electron chi connectivity index (χ0n) is 5.54. The number of nitrogens with two attached hydrogens (primary N) is 3. The summed E-state index contributed by atoms with van der Waals surface area (Å²) < 4.78 is 0. The van der Waals surface area contributed by atoms with E-state index in [9.17, 15) is 9.59 Å². The normalized spacial score (nSPS) is 12.5. The zero-order valence-corrected chi connectivity index (χ0v) is 5.54. The molecule has 0 saturated heterocycles. The third-order valence-corrected chi connectivity index (χ3v) is 1.07. The van der Waals surface area contributed by atoms with Crippen molar-refractivity contribution in [3.63, 3.8) is 0 Å². The highest BCUT2D eigenvalue weighted by atomic mass is 16.2. The highest BCUT2D eigenvalue weighted by Crippen LogP contribution is 1.91. The number of rotatable bonds is 4. The third kappa shape index (κ3) is 3.85. The Morgan fingerprint density at radius 2 is 1.80 bits per heavy atom. The third-order valence-electron chi connectivity index (χ3n) is 1.07. The number of amides is 2. The number of hydrogen-bond donors (Lipinski definition) is 3. The van der Waals surface area contributed by atoms with E-state index in [4.69, 9.17) is 17.2 Å². The van der Waals surface area contributed by atoms with Crippen molar-refractivity contribution in [3.05, 3.63) is 0 Å². The largest absolute Gasteiger partial charge is 0.370 e. The van der Waals surface area contributed by atoms with E-state index in [-0.39, 0.29) is 12.8 Å². The molecule has 1 atom stereocenters. The standard InChI is InChI=1S/C5H11N3O2/c6-3(5(8)10)1-2-4(7)9/h3H,1-2,6H2,(H2,7,9)(H2,8,10)/t3-/m0/s1/i8+1. The molecule has 10 heavy (non-hydrogen) atoms. The maximum Gasteiger partial charge on any atom is 0.234 e. The summed E-state index contributed by atoms with van der Waals surface area (Å²) in [6, 6.07) is -0.757. The summed E-state index contributed by atoms with van der Waals surface area (Å²) in [4.78, 5) is 20.4. The van der Waals surface area contributed by atoms with Crippen molar-refractivity contribution < 1.29 is 9.59 Å². The molecule has 0 bridgehead atoms. The second-order valence-electron chi connectivity index (χ2n) is 2.01. The van der Waals surface area contributed by atoms with Crippen LogP contribution in [0.25, 0.3) is 0 Å². The average molecular weight is 146 g/mol. The van der Waals surface area contributed by atoms with Gasteiger partial charge in [0.2, 0.25) is 11.8 Å². The fourth-order valence-corrected chi connectivity index (χ4v) is 0.440. The molecule has 5 nitrogen and oxygen atoms in total. The number of primary amides is 2. The van der Waals surface area contributed by atoms with Crippen molar-refractivity contribution >= 4 is 11.8 Å². The van der Waals surface area contributed by atoms with E-state index in [0.717, 1.165) is 0 Å². The predicted octanol–water partition coefficient (Wildman–Crippen LogP) is -1.94. The summed E-state index contributed by atoms with van der Waals surface area (Å²) >= 11 is 0. The first-order valence-corrected chi connectivity index (χ1v) is 2.87. The molecule has 0 fully saturated rings. The van der Waals surface area contributed by atoms with Crippen LogP contribution < -0.4 is 17.2 Å². The van der Waals surface area contributed by atoms with Crippen molar-refractivity contribution in [2.45, 2.75) is 18.9 Å². The van der Waals surface area contributed by atoms with E-state index in [1.807, 2.05) is 0 Å². The highest BCUT2D eigenvalue weighted by Gasteiger charge is 2.09. The van der Waals surface area contributed by atoms with Gasteiger partial charge in [-0.15, -0.1) is 0 Å². The van der Waals surface area contributed by atoms with E-state index < -0.39 is 17.9 Å². The van der Waals surface area contributed by atoms with Gasteiger partial charge in [-0.1, -0.05) is 0 Å². The molecule has 58 valence electrons. The molecule has 0 aliphatic carbocycles. The first kappa shape index (κ1) is 8.90. The monoisotopic (exact) mass is 146 g/mol. The van der Waals surface area contributed by atoms with Gasteiger partial charge in [0, 0.05) is 6.42 Å². The fourth-order valence-electron chi connectivity index (χ4n) is 0.440. The van der Waals surface area contributed by atoms with Crippen LogP contribution in [-0.2, 0) is 9.59 Å². The molecule has 0 aliphatic heterocycles. The van der Waals surface area contributed by atoms with Crippen LogP contribution in [0.2, 0.25) is 0 Å². The molecular formula is C5H11N3O2. The van der Waals surface area contributed by atoms with Crippen molar-refractivity contribution in [3.8, 4) is 0 Å². The predicted molar refractivity (Wildman–Crippen MR) is 35.6 cm³/mol. The Balaban J connectivity index is 3.49. The number of hydrogen-bond acceptors (Lipinski definition) is 3. The molecule has 5 heteroatoms. The van der Waals surface area contributed by atoms with Gasteiger partial charge in [0.25, 0.3) is 0 Å². The molecule has 0 saturated carbocycles. The maximum atomic E-state index is 10.3. The van der Waals surface area contributed by atoms with Crippen LogP contribution in [-0.4, -0.2) is 17.9 Å². The van der Waals surface area contributed by atoms with Gasteiger partial charge in [-0.2, -0.15) is 0 Å². The first-order chi connectivity index (χ1) is 4.54. The van der Waals surface area contributed by atoms with E-state index >= 15 is 0 Å². The van der Waals surface area contributed by atoms with Gasteiger partial charge in [-0.05, 0) is 6.42 Å². The smallest absolute Gasteiger partial charge is 0.234 e. The van der Waals surface area contributed by atoms with Crippen LogP contribution >= 0.6 is 0 Å². The second-order valence-corrected chi connectivity index (χ2v) is 2.01. The fraction of sp³-hybridized carbons (Fsp3) is 0.600. The molecule has 0 rings (SSSR count). The van der Waals surface area contributed by atoms with Crippen molar-refractivity contribution in [1.29, 1.82) is 0 Å². The molecule has 0 radical (unpaired) electrons. The lowest BCUT2D eigenvalue weighted by atomic mass is 10.1. The van der Waals surface area contributed by atoms with Gasteiger partial charge in [0.15, 0.2) is 0 Å². The Labute approximate surface area is 58.5 Å². The Kier molecular flexibility index (Phi) is 3.42. The Morgan fingerprint density at radius 1 is 1.30 bits per heavy atom. The van der Waals surface area contributed by atoms with Crippen LogP contribution in [0.1, 0.15) is 12.8 Å². The van der Waals surface area contributed by atoms with Crippen LogP contribution in [0.3, 0.4) is 0 Å². The summed E-state index contributed by atoms with van der Waals surface area (Å²) in [6.07, 6.45) is 0.328. The minimum atomic E-state index is -0.757. The average Bonchev–Trinajstić information content (AvgIpc) is 1.82. The van der Waals surface area contributed by atoms with Gasteiger partial charge in [0.05, 0.1) is 6.04 Å². The van der Waals surface area contributed by atoms with Gasteiger partial charge < -0.3 is 17.2 Å². The quantitative estimate of drug-likeness (QED) is 0.401. The molecule has 0 spiro atoms. The van der Waals surface area contributed by atoms with E-state index in [1.54, 1.807) is 0 Å².